The number of aryl methyl sites for hydroxylation is 1. The Morgan fingerprint density at radius 2 is 1.71 bits per heavy atom. The molecule has 1 aliphatic rings. The van der Waals surface area contributed by atoms with E-state index in [9.17, 15) is 14.0 Å². The first kappa shape index (κ1) is 20.9. The Balaban J connectivity index is 1.60. The molecular weight excluding hydrogens is 415 g/mol. The van der Waals surface area contributed by atoms with E-state index in [0.29, 0.717) is 10.5 Å². The number of benzene rings is 2. The van der Waals surface area contributed by atoms with Crippen LogP contribution in [0.15, 0.2) is 59.5 Å². The molecule has 31 heavy (non-hydrogen) atoms. The number of carbonyl (C=O) groups is 2. The van der Waals surface area contributed by atoms with E-state index in [1.54, 1.807) is 25.3 Å². The number of imide groups is 1. The van der Waals surface area contributed by atoms with E-state index in [0.717, 1.165) is 40.2 Å². The summed E-state index contributed by atoms with van der Waals surface area (Å²) in [6, 6.07) is 15.5. The first-order chi connectivity index (χ1) is 14.9. The molecule has 0 bridgehead atoms. The maximum Gasteiger partial charge on any atom is 0.293 e. The van der Waals surface area contributed by atoms with Crippen molar-refractivity contribution in [2.45, 2.75) is 20.4 Å². The van der Waals surface area contributed by atoms with E-state index in [4.69, 9.17) is 4.74 Å². The molecule has 4 rings (SSSR count). The third kappa shape index (κ3) is 4.14. The van der Waals surface area contributed by atoms with Crippen molar-refractivity contribution in [1.29, 1.82) is 0 Å². The summed E-state index contributed by atoms with van der Waals surface area (Å²) in [7, 11) is 1.63. The standard InChI is InChI=1S/C24H21FN2O3S/c1-15-12-18(16(2)27(15)20-8-10-21(30-3)11-9-20)13-22-23(28)26(24(29)31-22)14-17-4-6-19(25)7-5-17/h4-13H,14H2,1-3H3/b22-13+. The summed E-state index contributed by atoms with van der Waals surface area (Å²) in [4.78, 5) is 26.9. The predicted octanol–water partition coefficient (Wildman–Crippen LogP) is 5.48. The van der Waals surface area contributed by atoms with Gasteiger partial charge in [0.1, 0.15) is 11.6 Å². The lowest BCUT2D eigenvalue weighted by Crippen LogP contribution is -2.27. The zero-order valence-electron chi connectivity index (χ0n) is 17.4. The number of carbonyl (C=O) groups excluding carboxylic acids is 2. The lowest BCUT2D eigenvalue weighted by atomic mass is 10.2. The van der Waals surface area contributed by atoms with Crippen LogP contribution in [0.4, 0.5) is 9.18 Å². The minimum Gasteiger partial charge on any atom is -0.497 e. The van der Waals surface area contributed by atoms with Crippen molar-refractivity contribution >= 4 is 29.0 Å². The number of methoxy groups -OCH3 is 1. The van der Waals surface area contributed by atoms with E-state index in [1.165, 1.54) is 17.0 Å². The van der Waals surface area contributed by atoms with Gasteiger partial charge < -0.3 is 9.30 Å². The smallest absolute Gasteiger partial charge is 0.293 e. The van der Waals surface area contributed by atoms with Crippen molar-refractivity contribution in [2.75, 3.05) is 7.11 Å². The SMILES string of the molecule is COc1ccc(-n2c(C)cc(/C=C3/SC(=O)N(Cc4ccc(F)cc4)C3=O)c2C)cc1. The van der Waals surface area contributed by atoms with Crippen LogP contribution in [0.2, 0.25) is 0 Å². The summed E-state index contributed by atoms with van der Waals surface area (Å²) >= 11 is 0.922. The average molecular weight is 437 g/mol. The number of hydrogen-bond donors (Lipinski definition) is 0. The lowest BCUT2D eigenvalue weighted by Gasteiger charge is -2.12. The van der Waals surface area contributed by atoms with Crippen LogP contribution in [-0.4, -0.2) is 27.7 Å². The predicted molar refractivity (Wildman–Crippen MR) is 120 cm³/mol. The fourth-order valence-electron chi connectivity index (χ4n) is 3.61. The number of nitrogens with zero attached hydrogens (tertiary/aromatic N) is 2. The van der Waals surface area contributed by atoms with Crippen LogP contribution in [0.3, 0.4) is 0 Å². The van der Waals surface area contributed by atoms with Crippen LogP contribution >= 0.6 is 11.8 Å². The van der Waals surface area contributed by atoms with Gasteiger partial charge in [-0.05, 0) is 85.3 Å². The molecule has 1 saturated heterocycles. The molecule has 0 aliphatic carbocycles. The minimum atomic E-state index is -0.356. The van der Waals surface area contributed by atoms with E-state index >= 15 is 0 Å². The Kier molecular flexibility index (Phi) is 5.69. The Bertz CT molecular complexity index is 1180. The average Bonchev–Trinajstić information content (AvgIpc) is 3.19. The van der Waals surface area contributed by atoms with Crippen LogP contribution < -0.4 is 4.74 Å². The van der Waals surface area contributed by atoms with Gasteiger partial charge in [0, 0.05) is 17.1 Å². The van der Waals surface area contributed by atoms with Crippen molar-refractivity contribution in [2.24, 2.45) is 0 Å². The topological polar surface area (TPSA) is 51.5 Å². The van der Waals surface area contributed by atoms with Gasteiger partial charge in [0.2, 0.25) is 0 Å². The maximum absolute atomic E-state index is 13.1. The van der Waals surface area contributed by atoms with Crippen LogP contribution in [0, 0.1) is 19.7 Å². The van der Waals surface area contributed by atoms with Crippen molar-refractivity contribution in [3.8, 4) is 11.4 Å². The summed E-state index contributed by atoms with van der Waals surface area (Å²) in [6.45, 7) is 4.09. The van der Waals surface area contributed by atoms with Gasteiger partial charge in [-0.2, -0.15) is 0 Å². The van der Waals surface area contributed by atoms with Crippen LogP contribution in [0.25, 0.3) is 11.8 Å². The number of amides is 2. The highest BCUT2D eigenvalue weighted by molar-refractivity contribution is 8.18. The molecule has 0 spiro atoms. The Hall–Kier alpha value is -3.32. The Labute approximate surface area is 184 Å². The monoisotopic (exact) mass is 436 g/mol. The van der Waals surface area contributed by atoms with E-state index in [-0.39, 0.29) is 23.5 Å². The van der Waals surface area contributed by atoms with Gasteiger partial charge in [-0.25, -0.2) is 4.39 Å². The highest BCUT2D eigenvalue weighted by Gasteiger charge is 2.35. The zero-order chi connectivity index (χ0) is 22.1. The highest BCUT2D eigenvalue weighted by Crippen LogP contribution is 2.34. The summed E-state index contributed by atoms with van der Waals surface area (Å²) in [5.74, 6) is 0.0832. The van der Waals surface area contributed by atoms with Gasteiger partial charge >= 0.3 is 0 Å². The molecule has 2 amide bonds. The number of aromatic nitrogens is 1. The summed E-state index contributed by atoms with van der Waals surface area (Å²) in [5, 5.41) is -0.329. The number of halogens is 1. The number of hydrogen-bond acceptors (Lipinski definition) is 4. The molecule has 7 heteroatoms. The highest BCUT2D eigenvalue weighted by atomic mass is 32.2. The normalized spacial score (nSPS) is 15.2. The third-order valence-corrected chi connectivity index (χ3v) is 6.12. The molecule has 0 atom stereocenters. The molecular formula is C24H21FN2O3S. The van der Waals surface area contributed by atoms with Crippen LogP contribution in [0.5, 0.6) is 5.75 Å². The molecule has 0 radical (unpaired) electrons. The quantitative estimate of drug-likeness (QED) is 0.497. The second-order valence-corrected chi connectivity index (χ2v) is 8.25. The molecule has 0 N–H and O–H groups in total. The molecule has 0 unspecified atom stereocenters. The molecule has 5 nitrogen and oxygen atoms in total. The van der Waals surface area contributed by atoms with Crippen molar-refractivity contribution in [1.82, 2.24) is 9.47 Å². The van der Waals surface area contributed by atoms with Gasteiger partial charge in [0.15, 0.2) is 0 Å². The van der Waals surface area contributed by atoms with Gasteiger partial charge in [-0.3, -0.25) is 14.5 Å². The molecule has 1 aliphatic heterocycles. The Morgan fingerprint density at radius 3 is 2.35 bits per heavy atom. The maximum atomic E-state index is 13.1. The molecule has 2 heterocycles. The molecule has 1 fully saturated rings. The fourth-order valence-corrected chi connectivity index (χ4v) is 4.44. The zero-order valence-corrected chi connectivity index (χ0v) is 18.2. The van der Waals surface area contributed by atoms with E-state index in [2.05, 4.69) is 4.57 Å². The second-order valence-electron chi connectivity index (χ2n) is 7.25. The van der Waals surface area contributed by atoms with Crippen LogP contribution in [0.1, 0.15) is 22.5 Å². The molecule has 3 aromatic rings. The molecule has 2 aromatic carbocycles. The fraction of sp³-hybridized carbons (Fsp3) is 0.167. The van der Waals surface area contributed by atoms with Gasteiger partial charge in [0.05, 0.1) is 18.6 Å². The molecule has 1 aromatic heterocycles. The van der Waals surface area contributed by atoms with Gasteiger partial charge in [0.25, 0.3) is 11.1 Å². The van der Waals surface area contributed by atoms with Gasteiger partial charge in [-0.1, -0.05) is 12.1 Å². The molecule has 0 saturated carbocycles. The molecule has 158 valence electrons. The third-order valence-electron chi connectivity index (χ3n) is 5.22. The first-order valence-electron chi connectivity index (χ1n) is 9.70. The summed E-state index contributed by atoms with van der Waals surface area (Å²) < 4.78 is 20.4. The Morgan fingerprint density at radius 1 is 1.03 bits per heavy atom. The number of thioether (sulfide) groups is 1. The van der Waals surface area contributed by atoms with E-state index < -0.39 is 0 Å². The van der Waals surface area contributed by atoms with Gasteiger partial charge in [-0.15, -0.1) is 0 Å². The number of rotatable bonds is 5. The second kappa shape index (κ2) is 8.43. The largest absolute Gasteiger partial charge is 0.497 e. The minimum absolute atomic E-state index is 0.118. The van der Waals surface area contributed by atoms with Crippen molar-refractivity contribution in [3.63, 3.8) is 0 Å². The number of ether oxygens (including phenoxy) is 1. The van der Waals surface area contributed by atoms with Crippen molar-refractivity contribution < 1.29 is 18.7 Å². The van der Waals surface area contributed by atoms with E-state index in [1.807, 2.05) is 44.2 Å². The first-order valence-corrected chi connectivity index (χ1v) is 10.5. The van der Waals surface area contributed by atoms with Crippen LogP contribution in [-0.2, 0) is 11.3 Å². The van der Waals surface area contributed by atoms with Crippen molar-refractivity contribution in [3.05, 3.63) is 87.8 Å². The summed E-state index contributed by atoms with van der Waals surface area (Å²) in [6.07, 6.45) is 1.76. The lowest BCUT2D eigenvalue weighted by molar-refractivity contribution is -0.123. The summed E-state index contributed by atoms with van der Waals surface area (Å²) in [5.41, 5.74) is 4.54.